The Morgan fingerprint density at radius 3 is 2.41 bits per heavy atom. The highest BCUT2D eigenvalue weighted by Crippen LogP contribution is 2.16. The van der Waals surface area contributed by atoms with E-state index in [9.17, 15) is 8.42 Å². The van der Waals surface area contributed by atoms with Gasteiger partial charge in [0.1, 0.15) is 5.75 Å². The fourth-order valence-corrected chi connectivity index (χ4v) is 2.37. The molecule has 1 rings (SSSR count). The number of nitrogens with two attached hydrogens (primary N) is 1. The van der Waals surface area contributed by atoms with Gasteiger partial charge in [0.2, 0.25) is 10.0 Å². The van der Waals surface area contributed by atoms with Gasteiger partial charge in [-0.1, -0.05) is 18.2 Å². The van der Waals surface area contributed by atoms with E-state index in [2.05, 4.69) is 6.58 Å². The Balaban J connectivity index is 2.82. The van der Waals surface area contributed by atoms with Crippen LogP contribution in [0.3, 0.4) is 0 Å². The largest absolute Gasteiger partial charge is 0.497 e. The Morgan fingerprint density at radius 2 is 2.00 bits per heavy atom. The van der Waals surface area contributed by atoms with Crippen LogP contribution in [0.2, 0.25) is 0 Å². The molecule has 0 fully saturated rings. The number of ether oxygens (including phenoxy) is 1. The molecule has 0 aliphatic carbocycles. The summed E-state index contributed by atoms with van der Waals surface area (Å²) in [4.78, 5) is 0. The van der Waals surface area contributed by atoms with Crippen molar-refractivity contribution in [2.75, 3.05) is 7.11 Å². The maximum absolute atomic E-state index is 11.4. The Bertz CT molecular complexity index is 465. The number of methoxy groups -OCH3 is 1. The number of hydrogen-bond donors (Lipinski definition) is 1. The van der Waals surface area contributed by atoms with Gasteiger partial charge < -0.3 is 4.74 Å². The van der Waals surface area contributed by atoms with E-state index in [4.69, 9.17) is 9.88 Å². The first-order chi connectivity index (χ1) is 7.97. The standard InChI is InChI=1S/C12H17NO3S/c1-3-4-12(17(13,14)15)9-10-5-7-11(16-2)8-6-10/h3,5-8,12H,1,4,9H2,2H3,(H2,13,14,15). The van der Waals surface area contributed by atoms with Gasteiger partial charge in [0.15, 0.2) is 0 Å². The Labute approximate surface area is 102 Å². The second-order valence-corrected chi connectivity index (χ2v) is 5.63. The highest BCUT2D eigenvalue weighted by molar-refractivity contribution is 7.89. The van der Waals surface area contributed by atoms with Gasteiger partial charge in [-0.15, -0.1) is 6.58 Å². The molecule has 1 unspecified atom stereocenters. The van der Waals surface area contributed by atoms with Crippen LogP contribution in [-0.4, -0.2) is 20.8 Å². The van der Waals surface area contributed by atoms with Gasteiger partial charge in [0, 0.05) is 0 Å². The van der Waals surface area contributed by atoms with E-state index in [0.717, 1.165) is 11.3 Å². The van der Waals surface area contributed by atoms with Crippen LogP contribution in [0.1, 0.15) is 12.0 Å². The molecule has 1 aromatic rings. The summed E-state index contributed by atoms with van der Waals surface area (Å²) in [6.45, 7) is 3.54. The van der Waals surface area contributed by atoms with Crippen molar-refractivity contribution in [1.82, 2.24) is 0 Å². The predicted octanol–water partition coefficient (Wildman–Crippen LogP) is 1.47. The van der Waals surface area contributed by atoms with Crippen molar-refractivity contribution < 1.29 is 13.2 Å². The average Bonchev–Trinajstić information content (AvgIpc) is 2.28. The minimum Gasteiger partial charge on any atom is -0.497 e. The highest BCUT2D eigenvalue weighted by atomic mass is 32.2. The van der Waals surface area contributed by atoms with Gasteiger partial charge in [0.25, 0.3) is 0 Å². The van der Waals surface area contributed by atoms with E-state index in [1.165, 1.54) is 0 Å². The van der Waals surface area contributed by atoms with Crippen molar-refractivity contribution in [1.29, 1.82) is 0 Å². The molecule has 0 aromatic heterocycles. The molecule has 0 spiro atoms. The van der Waals surface area contributed by atoms with Gasteiger partial charge in [0.05, 0.1) is 12.4 Å². The number of allylic oxidation sites excluding steroid dienone is 1. The molecule has 2 N–H and O–H groups in total. The summed E-state index contributed by atoms with van der Waals surface area (Å²) in [7, 11) is -1.96. The smallest absolute Gasteiger partial charge is 0.212 e. The lowest BCUT2D eigenvalue weighted by Gasteiger charge is -2.12. The zero-order chi connectivity index (χ0) is 12.9. The second kappa shape index (κ2) is 5.84. The lowest BCUT2D eigenvalue weighted by Crippen LogP contribution is -2.30. The molecule has 94 valence electrons. The molecule has 0 radical (unpaired) electrons. The lowest BCUT2D eigenvalue weighted by molar-refractivity contribution is 0.414. The van der Waals surface area contributed by atoms with Gasteiger partial charge in [-0.2, -0.15) is 0 Å². The van der Waals surface area contributed by atoms with Crippen molar-refractivity contribution in [2.45, 2.75) is 18.1 Å². The maximum Gasteiger partial charge on any atom is 0.212 e. The van der Waals surface area contributed by atoms with Crippen LogP contribution in [0.5, 0.6) is 5.75 Å². The summed E-state index contributed by atoms with van der Waals surface area (Å²) in [5, 5.41) is 4.55. The van der Waals surface area contributed by atoms with Crippen LogP contribution < -0.4 is 9.88 Å². The molecule has 0 saturated heterocycles. The van der Waals surface area contributed by atoms with Crippen LogP contribution in [0, 0.1) is 0 Å². The maximum atomic E-state index is 11.4. The molecule has 1 atom stereocenters. The van der Waals surface area contributed by atoms with E-state index in [1.807, 2.05) is 12.1 Å². The normalized spacial score (nSPS) is 13.1. The van der Waals surface area contributed by atoms with E-state index in [-0.39, 0.29) is 0 Å². The number of primary sulfonamides is 1. The summed E-state index contributed by atoms with van der Waals surface area (Å²) in [6.07, 6.45) is 2.30. The lowest BCUT2D eigenvalue weighted by atomic mass is 10.1. The van der Waals surface area contributed by atoms with Gasteiger partial charge in [-0.05, 0) is 30.5 Å². The summed E-state index contributed by atoms with van der Waals surface area (Å²) in [6, 6.07) is 7.26. The van der Waals surface area contributed by atoms with Crippen molar-refractivity contribution in [3.05, 3.63) is 42.5 Å². The number of benzene rings is 1. The van der Waals surface area contributed by atoms with Crippen molar-refractivity contribution in [3.8, 4) is 5.75 Å². The van der Waals surface area contributed by atoms with E-state index < -0.39 is 15.3 Å². The minimum absolute atomic E-state index is 0.352. The molecule has 4 nitrogen and oxygen atoms in total. The molecule has 0 amide bonds. The fraction of sp³-hybridized carbons (Fsp3) is 0.333. The number of hydrogen-bond acceptors (Lipinski definition) is 3. The van der Waals surface area contributed by atoms with Crippen LogP contribution in [0.25, 0.3) is 0 Å². The first-order valence-corrected chi connectivity index (χ1v) is 6.83. The quantitative estimate of drug-likeness (QED) is 0.783. The molecule has 17 heavy (non-hydrogen) atoms. The molecule has 1 aromatic carbocycles. The second-order valence-electron chi connectivity index (χ2n) is 3.79. The third-order valence-corrected chi connectivity index (χ3v) is 3.80. The van der Waals surface area contributed by atoms with Crippen molar-refractivity contribution in [3.63, 3.8) is 0 Å². The zero-order valence-electron chi connectivity index (χ0n) is 9.80. The molecule has 5 heteroatoms. The monoisotopic (exact) mass is 255 g/mol. The van der Waals surface area contributed by atoms with E-state index in [0.29, 0.717) is 12.8 Å². The van der Waals surface area contributed by atoms with Crippen molar-refractivity contribution >= 4 is 10.0 Å². The topological polar surface area (TPSA) is 69.4 Å². The SMILES string of the molecule is C=CCC(Cc1ccc(OC)cc1)S(N)(=O)=O. The third-order valence-electron chi connectivity index (χ3n) is 2.52. The molecule has 0 bridgehead atoms. The summed E-state index contributed by atoms with van der Waals surface area (Å²) in [5.74, 6) is 0.740. The summed E-state index contributed by atoms with van der Waals surface area (Å²) in [5.41, 5.74) is 0.909. The third kappa shape index (κ3) is 4.20. The molecular formula is C12H17NO3S. The summed E-state index contributed by atoms with van der Waals surface area (Å²) >= 11 is 0. The Kier molecular flexibility index (Phi) is 4.72. The van der Waals surface area contributed by atoms with Crippen LogP contribution >= 0.6 is 0 Å². The van der Waals surface area contributed by atoms with Crippen LogP contribution in [-0.2, 0) is 16.4 Å². The zero-order valence-corrected chi connectivity index (χ0v) is 10.6. The predicted molar refractivity (Wildman–Crippen MR) is 68.4 cm³/mol. The van der Waals surface area contributed by atoms with Gasteiger partial charge in [-0.3, -0.25) is 0 Å². The molecule has 0 aliphatic heterocycles. The van der Waals surface area contributed by atoms with Crippen molar-refractivity contribution in [2.24, 2.45) is 5.14 Å². The molecule has 0 heterocycles. The van der Waals surface area contributed by atoms with E-state index >= 15 is 0 Å². The number of sulfonamides is 1. The van der Waals surface area contributed by atoms with Crippen LogP contribution in [0.15, 0.2) is 36.9 Å². The Morgan fingerprint density at radius 1 is 1.41 bits per heavy atom. The van der Waals surface area contributed by atoms with Crippen LogP contribution in [0.4, 0.5) is 0 Å². The molecular weight excluding hydrogens is 238 g/mol. The first kappa shape index (κ1) is 13.7. The highest BCUT2D eigenvalue weighted by Gasteiger charge is 2.20. The van der Waals surface area contributed by atoms with Gasteiger partial charge >= 0.3 is 0 Å². The average molecular weight is 255 g/mol. The molecule has 0 aliphatic rings. The molecule has 0 saturated carbocycles. The minimum atomic E-state index is -3.54. The summed E-state index contributed by atoms with van der Waals surface area (Å²) < 4.78 is 27.7. The van der Waals surface area contributed by atoms with Gasteiger partial charge in [-0.25, -0.2) is 13.6 Å². The number of rotatable bonds is 6. The first-order valence-electron chi connectivity index (χ1n) is 5.23. The Hall–Kier alpha value is -1.33. The fourth-order valence-electron chi connectivity index (χ4n) is 1.54. The van der Waals surface area contributed by atoms with E-state index in [1.54, 1.807) is 25.3 Å².